The molecule has 0 spiro atoms. The number of nitrogens with one attached hydrogen (secondary N) is 1. The third kappa shape index (κ3) is 6.56. The summed E-state index contributed by atoms with van der Waals surface area (Å²) in [6.07, 6.45) is 0.784. The van der Waals surface area contributed by atoms with Gasteiger partial charge in [0, 0.05) is 31.6 Å². The van der Waals surface area contributed by atoms with Crippen LogP contribution in [-0.4, -0.2) is 53.8 Å². The Balaban J connectivity index is 1.85. The van der Waals surface area contributed by atoms with Gasteiger partial charge in [-0.1, -0.05) is 37.3 Å². The molecule has 8 nitrogen and oxygen atoms in total. The van der Waals surface area contributed by atoms with Crippen LogP contribution in [-0.2, 0) is 9.47 Å². The second kappa shape index (κ2) is 10.2. The van der Waals surface area contributed by atoms with E-state index in [9.17, 15) is 9.59 Å². The molecule has 3 aromatic rings. The first-order chi connectivity index (χ1) is 16.7. The zero-order chi connectivity index (χ0) is 26.8. The second-order valence-corrected chi connectivity index (χ2v) is 11.2. The Kier molecular flexibility index (Phi) is 7.67. The van der Waals surface area contributed by atoms with E-state index in [-0.39, 0.29) is 5.92 Å². The van der Waals surface area contributed by atoms with Crippen LogP contribution < -0.4 is 10.2 Å². The van der Waals surface area contributed by atoms with Crippen molar-refractivity contribution in [3.63, 3.8) is 0 Å². The molecule has 1 N–H and O–H groups in total. The molecule has 0 aliphatic carbocycles. The molecule has 3 rings (SSSR count). The number of alkyl carbamates (subject to hydrolysis) is 1. The topological polar surface area (TPSA) is 85.7 Å². The molecule has 2 aromatic carbocycles. The molecule has 1 unspecified atom stereocenters. The molecule has 8 heteroatoms. The molecule has 1 amide bonds. The average Bonchev–Trinajstić information content (AvgIpc) is 3.18. The molecule has 0 saturated heterocycles. The molecule has 1 aromatic heterocycles. The number of ether oxygens (including phenoxy) is 2. The van der Waals surface area contributed by atoms with Crippen LogP contribution in [0.15, 0.2) is 42.6 Å². The summed E-state index contributed by atoms with van der Waals surface area (Å²) in [6.45, 7) is 13.6. The Bertz CT molecular complexity index is 1230. The number of carbonyl (C=O) groups excluding carboxylic acids is 2. The first-order valence-electron chi connectivity index (χ1n) is 12.1. The van der Waals surface area contributed by atoms with Gasteiger partial charge in [-0.2, -0.15) is 9.78 Å². The predicted octanol–water partition coefficient (Wildman–Crippen LogP) is 6.18. The number of carbonyl (C=O) groups is 2. The maximum absolute atomic E-state index is 12.7. The number of hydrogen-bond donors (Lipinski definition) is 1. The van der Waals surface area contributed by atoms with Crippen LogP contribution in [0.4, 0.5) is 15.3 Å². The van der Waals surface area contributed by atoms with Gasteiger partial charge in [0.2, 0.25) is 0 Å². The lowest BCUT2D eigenvalue weighted by molar-refractivity contribution is 0.0512. The van der Waals surface area contributed by atoms with Crippen molar-refractivity contribution in [1.82, 2.24) is 15.1 Å². The zero-order valence-corrected chi connectivity index (χ0v) is 22.8. The van der Waals surface area contributed by atoms with E-state index in [4.69, 9.17) is 9.47 Å². The van der Waals surface area contributed by atoms with E-state index in [2.05, 4.69) is 41.6 Å². The molecular formula is C28H38N4O4. The van der Waals surface area contributed by atoms with Crippen molar-refractivity contribution in [3.05, 3.63) is 48.2 Å². The minimum Gasteiger partial charge on any atom is -0.444 e. The van der Waals surface area contributed by atoms with E-state index in [1.807, 2.05) is 72.7 Å². The molecule has 0 aliphatic rings. The summed E-state index contributed by atoms with van der Waals surface area (Å²) in [5, 5.41) is 8.02. The molecule has 0 fully saturated rings. The van der Waals surface area contributed by atoms with Crippen LogP contribution in [0, 0.1) is 0 Å². The fourth-order valence-corrected chi connectivity index (χ4v) is 3.91. The lowest BCUT2D eigenvalue weighted by Crippen LogP contribution is -2.34. The third-order valence-corrected chi connectivity index (χ3v) is 5.48. The summed E-state index contributed by atoms with van der Waals surface area (Å²) in [5.41, 5.74) is 3.71. The Morgan fingerprint density at radius 1 is 0.972 bits per heavy atom. The number of amides is 1. The highest BCUT2D eigenvalue weighted by atomic mass is 16.6. The number of fused-ring (bicyclic) bond motifs is 1. The Hall–Kier alpha value is -3.55. The van der Waals surface area contributed by atoms with E-state index in [1.54, 1.807) is 6.20 Å². The van der Waals surface area contributed by atoms with Gasteiger partial charge < -0.3 is 19.7 Å². The number of aromatic nitrogens is 2. The molecule has 0 aliphatic heterocycles. The monoisotopic (exact) mass is 494 g/mol. The smallest absolute Gasteiger partial charge is 0.435 e. The van der Waals surface area contributed by atoms with Crippen molar-refractivity contribution < 1.29 is 19.1 Å². The Morgan fingerprint density at radius 3 is 2.14 bits per heavy atom. The molecule has 0 saturated carbocycles. The van der Waals surface area contributed by atoms with Gasteiger partial charge >= 0.3 is 12.2 Å². The predicted molar refractivity (Wildman–Crippen MR) is 144 cm³/mol. The third-order valence-electron chi connectivity index (χ3n) is 5.48. The highest BCUT2D eigenvalue weighted by molar-refractivity contribution is 6.02. The number of rotatable bonds is 5. The van der Waals surface area contributed by atoms with Crippen molar-refractivity contribution in [2.24, 2.45) is 0 Å². The van der Waals surface area contributed by atoms with E-state index in [1.165, 1.54) is 4.68 Å². The van der Waals surface area contributed by atoms with Crippen LogP contribution in [0.25, 0.3) is 22.0 Å². The van der Waals surface area contributed by atoms with E-state index < -0.39 is 23.4 Å². The van der Waals surface area contributed by atoms with Crippen molar-refractivity contribution >= 4 is 28.8 Å². The minimum absolute atomic E-state index is 0.120. The van der Waals surface area contributed by atoms with Gasteiger partial charge in [0.05, 0.1) is 17.4 Å². The zero-order valence-electron chi connectivity index (χ0n) is 22.8. The van der Waals surface area contributed by atoms with Crippen LogP contribution in [0.3, 0.4) is 0 Å². The number of nitrogens with zero attached hydrogens (tertiary/aromatic N) is 3. The fourth-order valence-electron chi connectivity index (χ4n) is 3.91. The van der Waals surface area contributed by atoms with E-state index in [0.717, 1.165) is 27.8 Å². The van der Waals surface area contributed by atoms with Gasteiger partial charge in [-0.3, -0.25) is 0 Å². The lowest BCUT2D eigenvalue weighted by atomic mass is 9.95. The number of benzene rings is 2. The van der Waals surface area contributed by atoms with Gasteiger partial charge in [-0.25, -0.2) is 9.59 Å². The standard InChI is InChI=1S/C28H38N4O4/c1-18(16-29-25(33)35-27(2,3)4)19-10-12-20(13-11-19)21-14-15-23-22(24(21)31(8)9)17-30-32(23)26(34)36-28(5,6)7/h10-15,17-18H,16H2,1-9H3,(H,29,33). The van der Waals surface area contributed by atoms with Crippen molar-refractivity contribution in [2.75, 3.05) is 25.5 Å². The molecular weight excluding hydrogens is 456 g/mol. The van der Waals surface area contributed by atoms with Gasteiger partial charge in [0.25, 0.3) is 0 Å². The Labute approximate surface area is 213 Å². The van der Waals surface area contributed by atoms with E-state index >= 15 is 0 Å². The van der Waals surface area contributed by atoms with E-state index in [0.29, 0.717) is 12.1 Å². The van der Waals surface area contributed by atoms with Crippen molar-refractivity contribution in [3.8, 4) is 11.1 Å². The highest BCUT2D eigenvalue weighted by Crippen LogP contribution is 2.37. The summed E-state index contributed by atoms with van der Waals surface area (Å²) < 4.78 is 12.1. The minimum atomic E-state index is -0.610. The summed E-state index contributed by atoms with van der Waals surface area (Å²) in [4.78, 5) is 26.7. The first kappa shape index (κ1) is 27.0. The molecule has 1 heterocycles. The van der Waals surface area contributed by atoms with Crippen LogP contribution in [0.1, 0.15) is 59.9 Å². The molecule has 1 atom stereocenters. The summed E-state index contributed by atoms with van der Waals surface area (Å²) in [6, 6.07) is 12.2. The first-order valence-corrected chi connectivity index (χ1v) is 12.1. The lowest BCUT2D eigenvalue weighted by Gasteiger charge is -2.21. The molecule has 194 valence electrons. The molecule has 0 bridgehead atoms. The highest BCUT2D eigenvalue weighted by Gasteiger charge is 2.23. The van der Waals surface area contributed by atoms with Gasteiger partial charge in [-0.15, -0.1) is 0 Å². The second-order valence-electron chi connectivity index (χ2n) is 11.2. The van der Waals surface area contributed by atoms with Crippen LogP contribution in [0.5, 0.6) is 0 Å². The average molecular weight is 495 g/mol. The van der Waals surface area contributed by atoms with Gasteiger partial charge in [0.1, 0.15) is 11.2 Å². The molecule has 0 radical (unpaired) electrons. The number of hydrogen-bond acceptors (Lipinski definition) is 6. The fraction of sp³-hybridized carbons (Fsp3) is 0.464. The summed E-state index contributed by atoms with van der Waals surface area (Å²) in [5.74, 6) is 0.120. The number of anilines is 1. The largest absolute Gasteiger partial charge is 0.444 e. The van der Waals surface area contributed by atoms with Gasteiger partial charge in [0.15, 0.2) is 0 Å². The van der Waals surface area contributed by atoms with Crippen LogP contribution in [0.2, 0.25) is 0 Å². The quantitative estimate of drug-likeness (QED) is 0.456. The maximum Gasteiger partial charge on any atom is 0.435 e. The van der Waals surface area contributed by atoms with Crippen molar-refractivity contribution in [1.29, 1.82) is 0 Å². The maximum atomic E-state index is 12.7. The van der Waals surface area contributed by atoms with Crippen molar-refractivity contribution in [2.45, 2.75) is 65.6 Å². The normalized spacial score (nSPS) is 12.8. The Morgan fingerprint density at radius 2 is 1.58 bits per heavy atom. The summed E-state index contributed by atoms with van der Waals surface area (Å²) >= 11 is 0. The van der Waals surface area contributed by atoms with Gasteiger partial charge in [-0.05, 0) is 64.7 Å². The molecule has 36 heavy (non-hydrogen) atoms. The summed E-state index contributed by atoms with van der Waals surface area (Å²) in [7, 11) is 3.95. The van der Waals surface area contributed by atoms with Crippen LogP contribution >= 0.6 is 0 Å². The SMILES string of the molecule is CC(CNC(=O)OC(C)(C)C)c1ccc(-c2ccc3c(cnn3C(=O)OC(C)(C)C)c2N(C)C)cc1.